The molecular formula is C18H18ClN7O. The van der Waals surface area contributed by atoms with Gasteiger partial charge in [0.05, 0.1) is 22.1 Å². The highest BCUT2D eigenvalue weighted by atomic mass is 35.5. The maximum atomic E-state index is 11.3. The first-order valence-corrected chi connectivity index (χ1v) is 9.00. The molecule has 9 heteroatoms. The number of anilines is 2. The summed E-state index contributed by atoms with van der Waals surface area (Å²) in [5, 5.41) is 7.35. The average Bonchev–Trinajstić information content (AvgIpc) is 2.68. The number of nitrogens with zero attached hydrogens (tertiary/aromatic N) is 5. The van der Waals surface area contributed by atoms with Gasteiger partial charge in [0.2, 0.25) is 5.91 Å². The molecule has 1 amide bonds. The summed E-state index contributed by atoms with van der Waals surface area (Å²) in [6.45, 7) is 4.86. The van der Waals surface area contributed by atoms with Crippen molar-refractivity contribution in [1.29, 1.82) is 0 Å². The highest BCUT2D eigenvalue weighted by Gasteiger charge is 2.19. The summed E-state index contributed by atoms with van der Waals surface area (Å²) in [7, 11) is 0. The lowest BCUT2D eigenvalue weighted by atomic mass is 10.2. The van der Waals surface area contributed by atoms with Crippen molar-refractivity contribution < 1.29 is 4.79 Å². The van der Waals surface area contributed by atoms with E-state index in [-0.39, 0.29) is 5.91 Å². The number of carbonyl (C=O) groups is 1. The number of hydrogen-bond acceptors (Lipinski definition) is 7. The number of piperazine rings is 1. The standard InChI is InChI=1S/C18H18ClN7O/c1-11(27)23-15-8-12(2-3-22-15)17-24-14-10-21-9-13(19)16(14)18(25-17)26-6-4-20-5-7-26/h2-3,8-10,20H,4-7H2,1H3,(H,22,23,27). The molecule has 8 nitrogen and oxygen atoms in total. The molecule has 1 aliphatic heterocycles. The maximum Gasteiger partial charge on any atom is 0.222 e. The minimum absolute atomic E-state index is 0.184. The van der Waals surface area contributed by atoms with Crippen molar-refractivity contribution in [1.82, 2.24) is 25.3 Å². The van der Waals surface area contributed by atoms with E-state index >= 15 is 0 Å². The van der Waals surface area contributed by atoms with E-state index < -0.39 is 0 Å². The predicted octanol–water partition coefficient (Wildman–Crippen LogP) is 2.11. The van der Waals surface area contributed by atoms with Gasteiger partial charge >= 0.3 is 0 Å². The topological polar surface area (TPSA) is 95.9 Å². The zero-order valence-electron chi connectivity index (χ0n) is 14.7. The monoisotopic (exact) mass is 383 g/mol. The first-order chi connectivity index (χ1) is 13.1. The Kier molecular flexibility index (Phi) is 4.83. The molecule has 1 fully saturated rings. The van der Waals surface area contributed by atoms with Crippen LogP contribution in [-0.4, -0.2) is 52.0 Å². The number of fused-ring (bicyclic) bond motifs is 1. The van der Waals surface area contributed by atoms with E-state index in [1.165, 1.54) is 6.92 Å². The quantitative estimate of drug-likeness (QED) is 0.715. The van der Waals surface area contributed by atoms with E-state index in [9.17, 15) is 4.79 Å². The van der Waals surface area contributed by atoms with Gasteiger partial charge in [0.25, 0.3) is 0 Å². The lowest BCUT2D eigenvalue weighted by Gasteiger charge is -2.29. The van der Waals surface area contributed by atoms with Gasteiger partial charge in [-0.05, 0) is 12.1 Å². The van der Waals surface area contributed by atoms with E-state index in [4.69, 9.17) is 16.6 Å². The number of rotatable bonds is 3. The zero-order valence-corrected chi connectivity index (χ0v) is 15.5. The summed E-state index contributed by atoms with van der Waals surface area (Å²) in [5.74, 6) is 1.60. The summed E-state index contributed by atoms with van der Waals surface area (Å²) in [4.78, 5) is 31.3. The Balaban J connectivity index is 1.86. The van der Waals surface area contributed by atoms with Crippen LogP contribution < -0.4 is 15.5 Å². The van der Waals surface area contributed by atoms with E-state index in [1.54, 1.807) is 24.7 Å². The van der Waals surface area contributed by atoms with Crippen molar-refractivity contribution >= 4 is 40.0 Å². The molecule has 0 radical (unpaired) electrons. The van der Waals surface area contributed by atoms with Crippen molar-refractivity contribution in [2.45, 2.75) is 6.92 Å². The van der Waals surface area contributed by atoms with Crippen LogP contribution in [0.4, 0.5) is 11.6 Å². The van der Waals surface area contributed by atoms with Gasteiger partial charge in [-0.15, -0.1) is 0 Å². The van der Waals surface area contributed by atoms with Gasteiger partial charge in [-0.2, -0.15) is 0 Å². The van der Waals surface area contributed by atoms with Crippen LogP contribution in [0.15, 0.2) is 30.7 Å². The molecule has 138 valence electrons. The fourth-order valence-electron chi connectivity index (χ4n) is 3.08. The Morgan fingerprint density at radius 3 is 2.85 bits per heavy atom. The summed E-state index contributed by atoms with van der Waals surface area (Å²) in [6, 6.07) is 3.56. The third-order valence-electron chi connectivity index (χ3n) is 4.28. The summed E-state index contributed by atoms with van der Waals surface area (Å²) in [5.41, 5.74) is 1.44. The van der Waals surface area contributed by atoms with Crippen molar-refractivity contribution in [2.75, 3.05) is 36.4 Å². The van der Waals surface area contributed by atoms with Crippen molar-refractivity contribution in [3.05, 3.63) is 35.7 Å². The van der Waals surface area contributed by atoms with Crippen LogP contribution in [0.1, 0.15) is 6.92 Å². The molecule has 0 unspecified atom stereocenters. The normalized spacial score (nSPS) is 14.4. The van der Waals surface area contributed by atoms with Crippen LogP contribution in [0.5, 0.6) is 0 Å². The Bertz CT molecular complexity index is 1000. The highest BCUT2D eigenvalue weighted by Crippen LogP contribution is 2.32. The van der Waals surface area contributed by atoms with Gasteiger partial charge in [-0.25, -0.2) is 15.0 Å². The number of hydrogen-bond donors (Lipinski definition) is 2. The van der Waals surface area contributed by atoms with Crippen LogP contribution in [0, 0.1) is 0 Å². The average molecular weight is 384 g/mol. The second kappa shape index (κ2) is 7.42. The van der Waals surface area contributed by atoms with Crippen molar-refractivity contribution in [3.63, 3.8) is 0 Å². The van der Waals surface area contributed by atoms with Crippen molar-refractivity contribution in [2.24, 2.45) is 0 Å². The molecule has 4 rings (SSSR count). The number of carbonyl (C=O) groups excluding carboxylic acids is 1. The van der Waals surface area contributed by atoms with Crippen LogP contribution in [-0.2, 0) is 4.79 Å². The second-order valence-electron chi connectivity index (χ2n) is 6.23. The third-order valence-corrected chi connectivity index (χ3v) is 4.57. The van der Waals surface area contributed by atoms with E-state index in [0.717, 1.165) is 42.9 Å². The Hall–Kier alpha value is -2.84. The fourth-order valence-corrected chi connectivity index (χ4v) is 3.32. The molecule has 0 atom stereocenters. The first-order valence-electron chi connectivity index (χ1n) is 8.63. The lowest BCUT2D eigenvalue weighted by molar-refractivity contribution is -0.114. The zero-order chi connectivity index (χ0) is 18.8. The van der Waals surface area contributed by atoms with Crippen LogP contribution >= 0.6 is 11.6 Å². The molecule has 4 heterocycles. The smallest absolute Gasteiger partial charge is 0.222 e. The fraction of sp³-hybridized carbons (Fsp3) is 0.278. The number of nitrogens with one attached hydrogen (secondary N) is 2. The molecule has 0 spiro atoms. The molecule has 2 N–H and O–H groups in total. The van der Waals surface area contributed by atoms with E-state index in [0.29, 0.717) is 22.2 Å². The van der Waals surface area contributed by atoms with Gasteiger partial charge in [0.15, 0.2) is 5.82 Å². The summed E-state index contributed by atoms with van der Waals surface area (Å²) >= 11 is 6.42. The molecule has 0 saturated carbocycles. The maximum absolute atomic E-state index is 11.3. The molecule has 1 aliphatic rings. The SMILES string of the molecule is CC(=O)Nc1cc(-c2nc(N3CCNCC3)c3c(Cl)cncc3n2)ccn1. The predicted molar refractivity (Wildman–Crippen MR) is 105 cm³/mol. The minimum Gasteiger partial charge on any atom is -0.353 e. The van der Waals surface area contributed by atoms with Gasteiger partial charge in [0.1, 0.15) is 11.6 Å². The molecular weight excluding hydrogens is 366 g/mol. The largest absolute Gasteiger partial charge is 0.353 e. The molecule has 3 aromatic rings. The van der Waals surface area contributed by atoms with Crippen LogP contribution in [0.3, 0.4) is 0 Å². The molecule has 0 aromatic carbocycles. The number of amides is 1. The van der Waals surface area contributed by atoms with Crippen LogP contribution in [0.25, 0.3) is 22.3 Å². The summed E-state index contributed by atoms with van der Waals surface area (Å²) < 4.78 is 0. The van der Waals surface area contributed by atoms with Gasteiger partial charge < -0.3 is 15.5 Å². The van der Waals surface area contributed by atoms with Crippen molar-refractivity contribution in [3.8, 4) is 11.4 Å². The van der Waals surface area contributed by atoms with Gasteiger partial charge in [-0.1, -0.05) is 11.6 Å². The minimum atomic E-state index is -0.184. The molecule has 0 bridgehead atoms. The third kappa shape index (κ3) is 3.67. The number of aromatic nitrogens is 4. The first kappa shape index (κ1) is 17.6. The molecule has 1 saturated heterocycles. The lowest BCUT2D eigenvalue weighted by Crippen LogP contribution is -2.44. The number of pyridine rings is 2. The summed E-state index contributed by atoms with van der Waals surface area (Å²) in [6.07, 6.45) is 4.92. The Morgan fingerprint density at radius 1 is 1.26 bits per heavy atom. The number of halogens is 1. The molecule has 0 aliphatic carbocycles. The Labute approximate surface area is 161 Å². The molecule has 27 heavy (non-hydrogen) atoms. The molecule has 3 aromatic heterocycles. The Morgan fingerprint density at radius 2 is 2.07 bits per heavy atom. The van der Waals surface area contributed by atoms with E-state index in [1.807, 2.05) is 6.07 Å². The van der Waals surface area contributed by atoms with Gasteiger partial charge in [0, 0.05) is 51.1 Å². The van der Waals surface area contributed by atoms with Crippen LogP contribution in [0.2, 0.25) is 5.02 Å². The van der Waals surface area contributed by atoms with Gasteiger partial charge in [-0.3, -0.25) is 9.78 Å². The second-order valence-corrected chi connectivity index (χ2v) is 6.64. The highest BCUT2D eigenvalue weighted by molar-refractivity contribution is 6.36. The van der Waals surface area contributed by atoms with E-state index in [2.05, 4.69) is 30.5 Å².